The van der Waals surface area contributed by atoms with Crippen molar-refractivity contribution in [3.8, 4) is 0 Å². The molecule has 0 aromatic rings. The molecule has 0 unspecified atom stereocenters. The topological polar surface area (TPSA) is 29.5 Å². The van der Waals surface area contributed by atoms with Crippen LogP contribution in [0.2, 0.25) is 0 Å². The van der Waals surface area contributed by atoms with Crippen LogP contribution in [0.15, 0.2) is 12.2 Å². The summed E-state index contributed by atoms with van der Waals surface area (Å²) in [6.07, 6.45) is 0. The molecule has 3 nitrogen and oxygen atoms in total. The van der Waals surface area contributed by atoms with E-state index in [9.17, 15) is 4.79 Å². The Hall–Kier alpha value is -0.830. The minimum atomic E-state index is -0.347. The summed E-state index contributed by atoms with van der Waals surface area (Å²) >= 11 is 0. The lowest BCUT2D eigenvalue weighted by Gasteiger charge is -2.00. The summed E-state index contributed by atoms with van der Waals surface area (Å²) in [5.74, 6) is -0.347. The Kier molecular flexibility index (Phi) is 9.47. The van der Waals surface area contributed by atoms with Crippen molar-refractivity contribution in [3.63, 3.8) is 0 Å². The zero-order valence-electron chi connectivity index (χ0n) is 8.68. The van der Waals surface area contributed by atoms with E-state index in [1.165, 1.54) is 7.11 Å². The van der Waals surface area contributed by atoms with Crippen molar-refractivity contribution in [2.45, 2.75) is 13.8 Å². The molecule has 0 aliphatic rings. The van der Waals surface area contributed by atoms with E-state index in [-0.39, 0.29) is 5.97 Å². The van der Waals surface area contributed by atoms with Crippen LogP contribution in [0.5, 0.6) is 0 Å². The predicted molar refractivity (Wildman–Crippen MR) is 51.1 cm³/mol. The number of esters is 1. The number of ether oxygens (including phenoxy) is 1. The Labute approximate surface area is 75.0 Å². The summed E-state index contributed by atoms with van der Waals surface area (Å²) in [7, 11) is 5.44. The normalized spacial score (nSPS) is 8.50. The molecule has 0 rings (SSSR count). The third kappa shape index (κ3) is 11.9. The molecule has 0 atom stereocenters. The lowest BCUT2D eigenvalue weighted by molar-refractivity contribution is -0.136. The van der Waals surface area contributed by atoms with Gasteiger partial charge in [-0.15, -0.1) is 0 Å². The second-order valence-electron chi connectivity index (χ2n) is 2.67. The lowest BCUT2D eigenvalue weighted by Crippen LogP contribution is -2.08. The van der Waals surface area contributed by atoms with Gasteiger partial charge in [0.05, 0.1) is 7.11 Å². The number of methoxy groups -OCH3 is 1. The Morgan fingerprint density at radius 3 is 1.83 bits per heavy atom. The standard InChI is InChI=1S/C5H8O2.C4H11N/c1-4(2)5(6)7-3;1-4-5(2)3/h1H2,2-3H3;4H2,1-3H3. The highest BCUT2D eigenvalue weighted by atomic mass is 16.5. The van der Waals surface area contributed by atoms with Gasteiger partial charge in [0.15, 0.2) is 0 Å². The van der Waals surface area contributed by atoms with Gasteiger partial charge in [-0.2, -0.15) is 0 Å². The SMILES string of the molecule is C=C(C)C(=O)OC.CCN(C)C. The van der Waals surface area contributed by atoms with Crippen LogP contribution >= 0.6 is 0 Å². The second kappa shape index (κ2) is 8.27. The maximum absolute atomic E-state index is 10.2. The van der Waals surface area contributed by atoms with E-state index in [4.69, 9.17) is 0 Å². The minimum Gasteiger partial charge on any atom is -0.466 e. The maximum Gasteiger partial charge on any atom is 0.332 e. The first kappa shape index (κ1) is 13.7. The van der Waals surface area contributed by atoms with Gasteiger partial charge in [0.2, 0.25) is 0 Å². The average molecular weight is 173 g/mol. The van der Waals surface area contributed by atoms with Gasteiger partial charge >= 0.3 is 5.97 Å². The molecule has 0 aliphatic carbocycles. The molecule has 0 amide bonds. The first-order chi connectivity index (χ1) is 5.45. The van der Waals surface area contributed by atoms with Gasteiger partial charge in [0.1, 0.15) is 0 Å². The quantitative estimate of drug-likeness (QED) is 0.465. The van der Waals surface area contributed by atoms with Crippen LogP contribution in [0.4, 0.5) is 0 Å². The molecule has 72 valence electrons. The van der Waals surface area contributed by atoms with Crippen molar-refractivity contribution in [2.24, 2.45) is 0 Å². The van der Waals surface area contributed by atoms with Crippen molar-refractivity contribution in [3.05, 3.63) is 12.2 Å². The number of carbonyl (C=O) groups excluding carboxylic acids is 1. The third-order valence-electron chi connectivity index (χ3n) is 1.17. The summed E-state index contributed by atoms with van der Waals surface area (Å²) in [4.78, 5) is 12.3. The van der Waals surface area contributed by atoms with Gasteiger partial charge in [0.25, 0.3) is 0 Å². The molecular weight excluding hydrogens is 154 g/mol. The molecule has 0 aromatic carbocycles. The molecule has 3 heteroatoms. The number of nitrogens with zero attached hydrogens (tertiary/aromatic N) is 1. The van der Waals surface area contributed by atoms with E-state index in [1.54, 1.807) is 6.92 Å². The highest BCUT2D eigenvalue weighted by Crippen LogP contribution is 1.87. The molecule has 0 N–H and O–H groups in total. The Morgan fingerprint density at radius 2 is 1.83 bits per heavy atom. The van der Waals surface area contributed by atoms with Gasteiger partial charge in [0, 0.05) is 5.57 Å². The molecule has 0 heterocycles. The van der Waals surface area contributed by atoms with Crippen molar-refractivity contribution >= 4 is 5.97 Å². The summed E-state index contributed by atoms with van der Waals surface area (Å²) in [5.41, 5.74) is 0.433. The number of carbonyl (C=O) groups is 1. The Bertz CT molecular complexity index is 141. The van der Waals surface area contributed by atoms with E-state index in [0.717, 1.165) is 6.54 Å². The van der Waals surface area contributed by atoms with Crippen LogP contribution in [0.1, 0.15) is 13.8 Å². The molecule has 0 saturated heterocycles. The fourth-order valence-electron chi connectivity index (χ4n) is 0.174. The van der Waals surface area contributed by atoms with Gasteiger partial charge < -0.3 is 9.64 Å². The van der Waals surface area contributed by atoms with E-state index in [2.05, 4.69) is 37.2 Å². The highest BCUT2D eigenvalue weighted by molar-refractivity contribution is 5.86. The average Bonchev–Trinajstić information content (AvgIpc) is 2.04. The van der Waals surface area contributed by atoms with Crippen LogP contribution in [0, 0.1) is 0 Å². The van der Waals surface area contributed by atoms with Gasteiger partial charge in [-0.25, -0.2) is 4.79 Å². The minimum absolute atomic E-state index is 0.347. The molecule has 0 fully saturated rings. The van der Waals surface area contributed by atoms with Crippen LogP contribution < -0.4 is 0 Å². The summed E-state index contributed by atoms with van der Waals surface area (Å²) < 4.78 is 4.27. The first-order valence-corrected chi connectivity index (χ1v) is 3.84. The molecule has 0 aromatic heterocycles. The molecule has 12 heavy (non-hydrogen) atoms. The van der Waals surface area contributed by atoms with E-state index < -0.39 is 0 Å². The molecule has 0 aliphatic heterocycles. The van der Waals surface area contributed by atoms with Crippen LogP contribution in [-0.4, -0.2) is 38.6 Å². The van der Waals surface area contributed by atoms with Gasteiger partial charge in [-0.3, -0.25) is 0 Å². The van der Waals surface area contributed by atoms with Crippen molar-refractivity contribution in [1.29, 1.82) is 0 Å². The Balaban J connectivity index is 0. The van der Waals surface area contributed by atoms with Crippen molar-refractivity contribution in [2.75, 3.05) is 27.7 Å². The second-order valence-corrected chi connectivity index (χ2v) is 2.67. The lowest BCUT2D eigenvalue weighted by atomic mass is 10.4. The molecule has 0 spiro atoms. The fraction of sp³-hybridized carbons (Fsp3) is 0.667. The molecular formula is C9H19NO2. The van der Waals surface area contributed by atoms with Crippen LogP contribution in [0.25, 0.3) is 0 Å². The Morgan fingerprint density at radius 1 is 1.50 bits per heavy atom. The fourth-order valence-corrected chi connectivity index (χ4v) is 0.174. The maximum atomic E-state index is 10.2. The molecule has 0 radical (unpaired) electrons. The molecule has 0 bridgehead atoms. The van der Waals surface area contributed by atoms with Crippen molar-refractivity contribution < 1.29 is 9.53 Å². The van der Waals surface area contributed by atoms with Crippen LogP contribution in [0.3, 0.4) is 0 Å². The van der Waals surface area contributed by atoms with E-state index in [0.29, 0.717) is 5.57 Å². The number of rotatable bonds is 2. The summed E-state index contributed by atoms with van der Waals surface area (Å²) in [5, 5.41) is 0. The molecule has 0 saturated carbocycles. The number of hydrogen-bond donors (Lipinski definition) is 0. The van der Waals surface area contributed by atoms with E-state index in [1.807, 2.05) is 0 Å². The monoisotopic (exact) mass is 173 g/mol. The third-order valence-corrected chi connectivity index (χ3v) is 1.17. The smallest absolute Gasteiger partial charge is 0.332 e. The predicted octanol–water partition coefficient (Wildman–Crippen LogP) is 1.30. The zero-order valence-corrected chi connectivity index (χ0v) is 8.68. The van der Waals surface area contributed by atoms with Crippen molar-refractivity contribution in [1.82, 2.24) is 4.90 Å². The summed E-state index contributed by atoms with van der Waals surface area (Å²) in [6, 6.07) is 0. The highest BCUT2D eigenvalue weighted by Gasteiger charge is 1.95. The van der Waals surface area contributed by atoms with Crippen LogP contribution in [-0.2, 0) is 9.53 Å². The number of hydrogen-bond acceptors (Lipinski definition) is 3. The van der Waals surface area contributed by atoms with E-state index >= 15 is 0 Å². The zero-order chi connectivity index (χ0) is 10.1. The van der Waals surface area contributed by atoms with Gasteiger partial charge in [-0.1, -0.05) is 13.5 Å². The largest absolute Gasteiger partial charge is 0.466 e. The van der Waals surface area contributed by atoms with Gasteiger partial charge in [-0.05, 0) is 27.6 Å². The first-order valence-electron chi connectivity index (χ1n) is 3.84. The summed E-state index contributed by atoms with van der Waals surface area (Å²) in [6.45, 7) is 8.22.